The molecular weight excluding hydrogens is 388 g/mol. The maximum atomic E-state index is 13.6. The Kier molecular flexibility index (Phi) is 5.06. The Hall–Kier alpha value is -2.37. The first-order chi connectivity index (χ1) is 14.9. The van der Waals surface area contributed by atoms with E-state index in [4.69, 9.17) is 5.84 Å². The molecule has 6 rings (SSSR count). The number of rotatable bonds is 5. The number of para-hydroxylation sites is 2. The quantitative estimate of drug-likeness (QED) is 0.593. The Labute approximate surface area is 182 Å². The van der Waals surface area contributed by atoms with Crippen molar-refractivity contribution in [2.75, 3.05) is 0 Å². The third kappa shape index (κ3) is 3.54. The van der Waals surface area contributed by atoms with Crippen LogP contribution in [0.15, 0.2) is 39.0 Å². The number of nitrogens with zero attached hydrogens (tertiary/aromatic N) is 3. The molecule has 1 aromatic carbocycles. The summed E-state index contributed by atoms with van der Waals surface area (Å²) >= 11 is 0. The second-order valence-electron chi connectivity index (χ2n) is 10.9. The van der Waals surface area contributed by atoms with Gasteiger partial charge in [-0.15, -0.1) is 0 Å². The van der Waals surface area contributed by atoms with E-state index in [1.165, 1.54) is 38.5 Å². The highest BCUT2D eigenvalue weighted by atomic mass is 16.1. The van der Waals surface area contributed by atoms with Crippen molar-refractivity contribution in [3.8, 4) is 0 Å². The molecule has 1 heterocycles. The lowest BCUT2D eigenvalue weighted by molar-refractivity contribution is -0.0617. The highest BCUT2D eigenvalue weighted by molar-refractivity contribution is 5.74. The summed E-state index contributed by atoms with van der Waals surface area (Å²) in [6.45, 7) is 5.48. The molecule has 0 amide bonds. The molecule has 0 aliphatic heterocycles. The van der Waals surface area contributed by atoms with Gasteiger partial charge in [-0.05, 0) is 86.2 Å². The van der Waals surface area contributed by atoms with Gasteiger partial charge in [0.25, 0.3) is 11.1 Å². The Morgan fingerprint density at radius 2 is 1.48 bits per heavy atom. The maximum absolute atomic E-state index is 13.6. The van der Waals surface area contributed by atoms with Crippen molar-refractivity contribution >= 4 is 11.0 Å². The molecule has 6 heteroatoms. The van der Waals surface area contributed by atoms with Crippen molar-refractivity contribution in [2.45, 2.75) is 71.9 Å². The molecule has 4 aliphatic carbocycles. The molecule has 2 aromatic rings. The van der Waals surface area contributed by atoms with E-state index in [1.54, 1.807) is 4.57 Å². The number of aryl methyl sites for hydroxylation is 1. The van der Waals surface area contributed by atoms with E-state index in [0.717, 1.165) is 35.2 Å². The second-order valence-corrected chi connectivity index (χ2v) is 10.9. The van der Waals surface area contributed by atoms with Crippen molar-refractivity contribution in [1.29, 1.82) is 0 Å². The molecule has 0 atom stereocenters. The lowest BCUT2D eigenvalue weighted by atomic mass is 9.49. The molecular formula is C25H34N4O2. The summed E-state index contributed by atoms with van der Waals surface area (Å²) < 4.78 is 3.54. The maximum Gasteiger partial charge on any atom is 0.284 e. The van der Waals surface area contributed by atoms with Crippen LogP contribution in [0.3, 0.4) is 0 Å². The van der Waals surface area contributed by atoms with E-state index in [9.17, 15) is 9.59 Å². The van der Waals surface area contributed by atoms with E-state index >= 15 is 0 Å². The van der Waals surface area contributed by atoms with Crippen LogP contribution in [0.25, 0.3) is 11.0 Å². The summed E-state index contributed by atoms with van der Waals surface area (Å²) in [6, 6.07) is 7.82. The van der Waals surface area contributed by atoms with Crippen molar-refractivity contribution in [1.82, 2.24) is 9.13 Å². The minimum absolute atomic E-state index is 0.148. The van der Waals surface area contributed by atoms with Gasteiger partial charge in [0.1, 0.15) is 0 Å². The smallest absolute Gasteiger partial charge is 0.284 e. The Morgan fingerprint density at radius 1 is 0.968 bits per heavy atom. The number of aromatic nitrogens is 2. The molecule has 31 heavy (non-hydrogen) atoms. The zero-order valence-electron chi connectivity index (χ0n) is 18.7. The number of hydrogen-bond acceptors (Lipinski definition) is 4. The van der Waals surface area contributed by atoms with Gasteiger partial charge in [-0.1, -0.05) is 26.0 Å². The van der Waals surface area contributed by atoms with E-state index in [-0.39, 0.29) is 21.9 Å². The van der Waals surface area contributed by atoms with Crippen molar-refractivity contribution in [2.24, 2.45) is 40.0 Å². The third-order valence-electron chi connectivity index (χ3n) is 8.08. The third-order valence-corrected chi connectivity index (χ3v) is 8.08. The summed E-state index contributed by atoms with van der Waals surface area (Å²) in [5, 5.41) is 3.56. The number of fused-ring (bicyclic) bond motifs is 1. The van der Waals surface area contributed by atoms with Crippen LogP contribution in [0.2, 0.25) is 0 Å². The Morgan fingerprint density at radius 3 is 2.00 bits per heavy atom. The van der Waals surface area contributed by atoms with Crippen LogP contribution in [0.1, 0.15) is 58.8 Å². The van der Waals surface area contributed by atoms with Gasteiger partial charge in [0.2, 0.25) is 5.36 Å². The largest absolute Gasteiger partial charge is 0.322 e. The molecule has 0 spiro atoms. The number of hydrogen-bond donors (Lipinski definition) is 1. The SMILES string of the molecule is CC(C)CCn1c(=O)c(=NN)c(=O)n(CC23CC4CC(CC(C4)C2)C3)c2ccccc21. The minimum Gasteiger partial charge on any atom is -0.322 e. The van der Waals surface area contributed by atoms with Crippen LogP contribution in [0.4, 0.5) is 0 Å². The predicted octanol–water partition coefficient (Wildman–Crippen LogP) is 3.20. The highest BCUT2D eigenvalue weighted by Crippen LogP contribution is 2.60. The molecule has 0 unspecified atom stereocenters. The van der Waals surface area contributed by atoms with Crippen molar-refractivity contribution in [3.05, 3.63) is 50.3 Å². The van der Waals surface area contributed by atoms with Crippen LogP contribution < -0.4 is 22.3 Å². The minimum atomic E-state index is -0.381. The Bertz CT molecular complexity index is 1160. The van der Waals surface area contributed by atoms with Gasteiger partial charge in [0.05, 0.1) is 11.0 Å². The zero-order valence-corrected chi connectivity index (χ0v) is 18.7. The summed E-state index contributed by atoms with van der Waals surface area (Å²) in [7, 11) is 0. The normalized spacial score (nSPS) is 29.9. The second kappa shape index (κ2) is 7.64. The van der Waals surface area contributed by atoms with E-state index in [0.29, 0.717) is 19.0 Å². The molecule has 4 saturated carbocycles. The van der Waals surface area contributed by atoms with Crippen LogP contribution in [0, 0.1) is 29.1 Å². The molecule has 1 aromatic heterocycles. The van der Waals surface area contributed by atoms with E-state index < -0.39 is 0 Å². The lowest BCUT2D eigenvalue weighted by Crippen LogP contribution is -2.51. The van der Waals surface area contributed by atoms with Gasteiger partial charge in [-0.25, -0.2) is 0 Å². The Balaban J connectivity index is 1.71. The molecule has 6 nitrogen and oxygen atoms in total. The standard InChI is InChI=1S/C25H34N4O2/c1-16(2)7-8-28-20-5-3-4-6-21(20)29(24(31)22(27-26)23(28)30)15-25-12-17-9-18(13-25)11-19(10-17)14-25/h3-6,16-19H,7-15,26H2,1-2H3. The van der Waals surface area contributed by atoms with Crippen LogP contribution in [0.5, 0.6) is 0 Å². The summed E-state index contributed by atoms with van der Waals surface area (Å²) in [5.74, 6) is 8.47. The topological polar surface area (TPSA) is 82.4 Å². The summed E-state index contributed by atoms with van der Waals surface area (Å²) in [6.07, 6.45) is 8.53. The van der Waals surface area contributed by atoms with E-state index in [1.807, 2.05) is 28.8 Å². The number of nitrogens with two attached hydrogens (primary N) is 1. The van der Waals surface area contributed by atoms with Crippen LogP contribution >= 0.6 is 0 Å². The first kappa shape index (κ1) is 20.5. The molecule has 2 N–H and O–H groups in total. The molecule has 0 radical (unpaired) electrons. The van der Waals surface area contributed by atoms with Crippen LogP contribution in [-0.4, -0.2) is 9.13 Å². The summed E-state index contributed by atoms with van der Waals surface area (Å²) in [5.41, 5.74) is 1.05. The fourth-order valence-corrected chi connectivity index (χ4v) is 7.18. The first-order valence-electron chi connectivity index (χ1n) is 11.9. The average Bonchev–Trinajstić information content (AvgIpc) is 2.79. The van der Waals surface area contributed by atoms with Gasteiger partial charge < -0.3 is 15.0 Å². The highest BCUT2D eigenvalue weighted by Gasteiger charge is 2.51. The monoisotopic (exact) mass is 422 g/mol. The summed E-state index contributed by atoms with van der Waals surface area (Å²) in [4.78, 5) is 27.0. The molecule has 4 bridgehead atoms. The predicted molar refractivity (Wildman–Crippen MR) is 122 cm³/mol. The molecule has 4 aliphatic rings. The fraction of sp³-hybridized carbons (Fsp3) is 0.640. The van der Waals surface area contributed by atoms with Gasteiger partial charge >= 0.3 is 0 Å². The van der Waals surface area contributed by atoms with Crippen LogP contribution in [-0.2, 0) is 13.1 Å². The molecule has 166 valence electrons. The molecule has 0 saturated heterocycles. The van der Waals surface area contributed by atoms with Gasteiger partial charge in [0, 0.05) is 13.1 Å². The van der Waals surface area contributed by atoms with Crippen molar-refractivity contribution < 1.29 is 0 Å². The first-order valence-corrected chi connectivity index (χ1v) is 11.9. The number of benzene rings is 1. The van der Waals surface area contributed by atoms with Gasteiger partial charge in [0.15, 0.2) is 0 Å². The zero-order chi connectivity index (χ0) is 21.8. The average molecular weight is 423 g/mol. The lowest BCUT2D eigenvalue weighted by Gasteiger charge is -2.57. The van der Waals surface area contributed by atoms with Gasteiger partial charge in [-0.3, -0.25) is 9.59 Å². The van der Waals surface area contributed by atoms with Crippen molar-refractivity contribution in [3.63, 3.8) is 0 Å². The van der Waals surface area contributed by atoms with E-state index in [2.05, 4.69) is 18.9 Å². The van der Waals surface area contributed by atoms with Gasteiger partial charge in [-0.2, -0.15) is 5.10 Å². The molecule has 4 fully saturated rings. The fourth-order valence-electron chi connectivity index (χ4n) is 7.18.